The standard InChI is InChI=1S/C19H24N2S/c1-4-10-21(11-5-1)13-19-20-18(14-22-19)17-9-8-15-6-2-3-7-16(15)12-17/h8-9,12,14H,1-7,10-11,13H2. The van der Waals surface area contributed by atoms with Crippen LogP contribution in [-0.4, -0.2) is 23.0 Å². The first-order valence-electron chi connectivity index (χ1n) is 8.67. The maximum absolute atomic E-state index is 4.90. The lowest BCUT2D eigenvalue weighted by molar-refractivity contribution is 0.220. The number of hydrogen-bond donors (Lipinski definition) is 0. The average Bonchev–Trinajstić information content (AvgIpc) is 3.04. The van der Waals surface area contributed by atoms with Crippen LogP contribution in [0.15, 0.2) is 23.6 Å². The maximum atomic E-state index is 4.90. The second kappa shape index (κ2) is 6.51. The molecule has 0 saturated carbocycles. The summed E-state index contributed by atoms with van der Waals surface area (Å²) < 4.78 is 0. The van der Waals surface area contributed by atoms with E-state index in [0.717, 1.165) is 6.54 Å². The lowest BCUT2D eigenvalue weighted by Gasteiger charge is -2.25. The summed E-state index contributed by atoms with van der Waals surface area (Å²) in [6.07, 6.45) is 9.29. The fourth-order valence-electron chi connectivity index (χ4n) is 3.72. The van der Waals surface area contributed by atoms with Gasteiger partial charge < -0.3 is 0 Å². The molecule has 116 valence electrons. The van der Waals surface area contributed by atoms with Crippen LogP contribution >= 0.6 is 11.3 Å². The van der Waals surface area contributed by atoms with Crippen molar-refractivity contribution in [1.82, 2.24) is 9.88 Å². The van der Waals surface area contributed by atoms with Gasteiger partial charge >= 0.3 is 0 Å². The largest absolute Gasteiger partial charge is 0.297 e. The van der Waals surface area contributed by atoms with E-state index < -0.39 is 0 Å². The van der Waals surface area contributed by atoms with E-state index in [1.54, 1.807) is 11.1 Å². The minimum atomic E-state index is 1.04. The third kappa shape index (κ3) is 3.11. The zero-order valence-electron chi connectivity index (χ0n) is 13.2. The highest BCUT2D eigenvalue weighted by Gasteiger charge is 2.14. The Morgan fingerprint density at radius 3 is 2.64 bits per heavy atom. The Balaban J connectivity index is 1.51. The number of rotatable bonds is 3. The monoisotopic (exact) mass is 312 g/mol. The Kier molecular flexibility index (Phi) is 4.26. The molecule has 0 atom stereocenters. The quantitative estimate of drug-likeness (QED) is 0.818. The normalized spacial score (nSPS) is 19.1. The van der Waals surface area contributed by atoms with Crippen molar-refractivity contribution in [1.29, 1.82) is 0 Å². The summed E-state index contributed by atoms with van der Waals surface area (Å²) in [5.41, 5.74) is 5.58. The highest BCUT2D eigenvalue weighted by molar-refractivity contribution is 7.09. The fraction of sp³-hybridized carbons (Fsp3) is 0.526. The molecule has 0 spiro atoms. The zero-order chi connectivity index (χ0) is 14.8. The number of aromatic nitrogens is 1. The highest BCUT2D eigenvalue weighted by atomic mass is 32.1. The number of fused-ring (bicyclic) bond motifs is 1. The molecule has 0 unspecified atom stereocenters. The molecule has 0 N–H and O–H groups in total. The number of nitrogens with zero attached hydrogens (tertiary/aromatic N) is 2. The van der Waals surface area contributed by atoms with Gasteiger partial charge in [0.25, 0.3) is 0 Å². The molecular formula is C19H24N2S. The van der Waals surface area contributed by atoms with E-state index in [-0.39, 0.29) is 0 Å². The summed E-state index contributed by atoms with van der Waals surface area (Å²) in [5.74, 6) is 0. The molecule has 2 aromatic rings. The van der Waals surface area contributed by atoms with Crippen LogP contribution in [0.5, 0.6) is 0 Å². The zero-order valence-corrected chi connectivity index (χ0v) is 14.0. The minimum absolute atomic E-state index is 1.04. The van der Waals surface area contributed by atoms with Crippen molar-refractivity contribution in [2.45, 2.75) is 51.5 Å². The summed E-state index contributed by atoms with van der Waals surface area (Å²) in [7, 11) is 0. The van der Waals surface area contributed by atoms with E-state index in [4.69, 9.17) is 4.98 Å². The SMILES string of the molecule is c1cc2c(cc1-c1csc(CN3CCCCC3)n1)CCCC2. The molecule has 3 heteroatoms. The van der Waals surface area contributed by atoms with Crippen molar-refractivity contribution < 1.29 is 0 Å². The van der Waals surface area contributed by atoms with Crippen LogP contribution in [0.25, 0.3) is 11.3 Å². The summed E-state index contributed by atoms with van der Waals surface area (Å²) >= 11 is 1.82. The third-order valence-corrected chi connectivity index (χ3v) is 5.84. The Bertz CT molecular complexity index is 641. The fourth-order valence-corrected chi connectivity index (χ4v) is 4.56. The van der Waals surface area contributed by atoms with Crippen molar-refractivity contribution in [2.75, 3.05) is 13.1 Å². The molecule has 1 saturated heterocycles. The smallest absolute Gasteiger partial charge is 0.107 e. The van der Waals surface area contributed by atoms with Gasteiger partial charge in [-0.3, -0.25) is 4.90 Å². The topological polar surface area (TPSA) is 16.1 Å². The Hall–Kier alpha value is -1.19. The summed E-state index contributed by atoms with van der Waals surface area (Å²) in [5, 5.41) is 3.51. The molecule has 1 aromatic heterocycles. The van der Waals surface area contributed by atoms with E-state index in [2.05, 4.69) is 28.5 Å². The van der Waals surface area contributed by atoms with Crippen molar-refractivity contribution in [3.63, 3.8) is 0 Å². The molecule has 2 nitrogen and oxygen atoms in total. The van der Waals surface area contributed by atoms with Crippen molar-refractivity contribution >= 4 is 11.3 Å². The molecule has 4 rings (SSSR count). The van der Waals surface area contributed by atoms with Crippen molar-refractivity contribution in [3.8, 4) is 11.3 Å². The van der Waals surface area contributed by atoms with E-state index in [1.807, 2.05) is 11.3 Å². The van der Waals surface area contributed by atoms with Gasteiger partial charge in [-0.1, -0.05) is 18.6 Å². The minimum Gasteiger partial charge on any atom is -0.297 e. The van der Waals surface area contributed by atoms with E-state index in [0.29, 0.717) is 0 Å². The van der Waals surface area contributed by atoms with Crippen LogP contribution < -0.4 is 0 Å². The van der Waals surface area contributed by atoms with Crippen LogP contribution in [-0.2, 0) is 19.4 Å². The number of benzene rings is 1. The van der Waals surface area contributed by atoms with Gasteiger partial charge in [0.1, 0.15) is 5.01 Å². The molecule has 1 aromatic carbocycles. The first kappa shape index (κ1) is 14.4. The lowest BCUT2D eigenvalue weighted by atomic mass is 9.90. The van der Waals surface area contributed by atoms with E-state index in [9.17, 15) is 0 Å². The van der Waals surface area contributed by atoms with Gasteiger partial charge in [0.05, 0.1) is 12.2 Å². The number of aryl methyl sites for hydroxylation is 2. The van der Waals surface area contributed by atoms with Crippen molar-refractivity contribution in [2.24, 2.45) is 0 Å². The lowest BCUT2D eigenvalue weighted by Crippen LogP contribution is -2.28. The molecule has 2 aliphatic rings. The van der Waals surface area contributed by atoms with Gasteiger partial charge in [-0.15, -0.1) is 11.3 Å². The molecule has 22 heavy (non-hydrogen) atoms. The predicted octanol–water partition coefficient (Wildman–Crippen LogP) is 4.67. The molecule has 1 fully saturated rings. The van der Waals surface area contributed by atoms with Gasteiger partial charge in [-0.2, -0.15) is 0 Å². The first-order chi connectivity index (χ1) is 10.9. The third-order valence-electron chi connectivity index (χ3n) is 5.00. The van der Waals surface area contributed by atoms with E-state index >= 15 is 0 Å². The van der Waals surface area contributed by atoms with Crippen molar-refractivity contribution in [3.05, 3.63) is 39.7 Å². The molecule has 0 radical (unpaired) electrons. The molecule has 1 aliphatic carbocycles. The number of likely N-dealkylation sites (tertiary alicyclic amines) is 1. The van der Waals surface area contributed by atoms with Crippen LogP contribution in [0.3, 0.4) is 0 Å². The summed E-state index contributed by atoms with van der Waals surface area (Å²) in [6.45, 7) is 3.52. The number of thiazole rings is 1. The Morgan fingerprint density at radius 2 is 1.77 bits per heavy atom. The van der Waals surface area contributed by atoms with Gasteiger partial charge in [-0.05, 0) is 68.8 Å². The van der Waals surface area contributed by atoms with Crippen LogP contribution in [0.4, 0.5) is 0 Å². The van der Waals surface area contributed by atoms with Crippen LogP contribution in [0.1, 0.15) is 48.2 Å². The summed E-state index contributed by atoms with van der Waals surface area (Å²) in [6, 6.07) is 6.98. The maximum Gasteiger partial charge on any atom is 0.107 e. The van der Waals surface area contributed by atoms with Gasteiger partial charge in [0.15, 0.2) is 0 Å². The molecular weight excluding hydrogens is 288 g/mol. The predicted molar refractivity (Wildman–Crippen MR) is 93.3 cm³/mol. The highest BCUT2D eigenvalue weighted by Crippen LogP contribution is 2.28. The molecule has 2 heterocycles. The number of piperidine rings is 1. The van der Waals surface area contributed by atoms with E-state index in [1.165, 1.54) is 74.3 Å². The van der Waals surface area contributed by atoms with Crippen LogP contribution in [0, 0.1) is 0 Å². The molecule has 1 aliphatic heterocycles. The summed E-state index contributed by atoms with van der Waals surface area (Å²) in [4.78, 5) is 7.45. The van der Waals surface area contributed by atoms with Gasteiger partial charge in [-0.25, -0.2) is 4.98 Å². The number of hydrogen-bond acceptors (Lipinski definition) is 3. The Morgan fingerprint density at radius 1 is 0.955 bits per heavy atom. The van der Waals surface area contributed by atoms with Gasteiger partial charge in [0.2, 0.25) is 0 Å². The average molecular weight is 312 g/mol. The van der Waals surface area contributed by atoms with Crippen LogP contribution in [0.2, 0.25) is 0 Å². The van der Waals surface area contributed by atoms with Gasteiger partial charge in [0, 0.05) is 10.9 Å². The first-order valence-corrected chi connectivity index (χ1v) is 9.55. The Labute approximate surface area is 137 Å². The molecule has 0 bridgehead atoms. The second-order valence-corrected chi connectivity index (χ2v) is 7.60. The molecule has 0 amide bonds. The second-order valence-electron chi connectivity index (χ2n) is 6.65.